The van der Waals surface area contributed by atoms with Gasteiger partial charge in [0.15, 0.2) is 0 Å². The second kappa shape index (κ2) is 7.97. The maximum atomic E-state index is 12.6. The van der Waals surface area contributed by atoms with E-state index in [4.69, 9.17) is 10.5 Å². The Morgan fingerprint density at radius 1 is 1.32 bits per heavy atom. The van der Waals surface area contributed by atoms with Gasteiger partial charge >= 0.3 is 0 Å². The predicted molar refractivity (Wildman–Crippen MR) is 101 cm³/mol. The number of likely N-dealkylation sites (tertiary alicyclic amines) is 1. The summed E-state index contributed by atoms with van der Waals surface area (Å²) in [7, 11) is 0. The van der Waals surface area contributed by atoms with Crippen LogP contribution >= 0.6 is 11.3 Å². The molecule has 0 aliphatic carbocycles. The highest BCUT2D eigenvalue weighted by molar-refractivity contribution is 7.13. The number of carbonyl (C=O) groups excluding carboxylic acids is 1. The van der Waals surface area contributed by atoms with Crippen LogP contribution in [0.5, 0.6) is 5.75 Å². The van der Waals surface area contributed by atoms with E-state index in [0.717, 1.165) is 42.3 Å². The number of hydrogen-bond acceptors (Lipinski definition) is 5. The molecule has 2 N–H and O–H groups in total. The summed E-state index contributed by atoms with van der Waals surface area (Å²) in [5.41, 5.74) is 7.26. The van der Waals surface area contributed by atoms with Crippen molar-refractivity contribution in [3.63, 3.8) is 0 Å². The number of piperidine rings is 1. The normalized spacial score (nSPS) is 15.6. The third-order valence-electron chi connectivity index (χ3n) is 4.43. The SMILES string of the molecule is CC(C)Oc1ccc(-c2nc(C(=O)N3CCC(CN)CC3)cs2)cc1. The molecule has 134 valence electrons. The lowest BCUT2D eigenvalue weighted by Gasteiger charge is -2.30. The Kier molecular flexibility index (Phi) is 5.71. The summed E-state index contributed by atoms with van der Waals surface area (Å²) in [5.74, 6) is 1.41. The highest BCUT2D eigenvalue weighted by atomic mass is 32.1. The van der Waals surface area contributed by atoms with Crippen LogP contribution in [0, 0.1) is 5.92 Å². The molecular weight excluding hydrogens is 334 g/mol. The molecule has 2 heterocycles. The van der Waals surface area contributed by atoms with Crippen LogP contribution in [-0.4, -0.2) is 41.5 Å². The monoisotopic (exact) mass is 359 g/mol. The molecule has 1 fully saturated rings. The van der Waals surface area contributed by atoms with Gasteiger partial charge in [-0.3, -0.25) is 4.79 Å². The second-order valence-electron chi connectivity index (χ2n) is 6.70. The topological polar surface area (TPSA) is 68.5 Å². The van der Waals surface area contributed by atoms with E-state index in [1.165, 1.54) is 11.3 Å². The fraction of sp³-hybridized carbons (Fsp3) is 0.474. The van der Waals surface area contributed by atoms with Crippen molar-refractivity contribution in [2.24, 2.45) is 11.7 Å². The lowest BCUT2D eigenvalue weighted by atomic mass is 9.97. The fourth-order valence-corrected chi connectivity index (χ4v) is 3.79. The summed E-state index contributed by atoms with van der Waals surface area (Å²) < 4.78 is 5.66. The number of thiazole rings is 1. The van der Waals surface area contributed by atoms with Gasteiger partial charge in [-0.2, -0.15) is 0 Å². The summed E-state index contributed by atoms with van der Waals surface area (Å²) >= 11 is 1.50. The van der Waals surface area contributed by atoms with Gasteiger partial charge in [0.25, 0.3) is 5.91 Å². The van der Waals surface area contributed by atoms with Crippen LogP contribution in [0.2, 0.25) is 0 Å². The molecule has 1 amide bonds. The van der Waals surface area contributed by atoms with E-state index in [0.29, 0.717) is 18.2 Å². The molecule has 6 heteroatoms. The van der Waals surface area contributed by atoms with Gasteiger partial charge in [0, 0.05) is 24.0 Å². The van der Waals surface area contributed by atoms with Crippen molar-refractivity contribution in [3.05, 3.63) is 35.3 Å². The van der Waals surface area contributed by atoms with E-state index in [2.05, 4.69) is 4.98 Å². The van der Waals surface area contributed by atoms with Crippen molar-refractivity contribution in [2.45, 2.75) is 32.8 Å². The Hall–Kier alpha value is -1.92. The van der Waals surface area contributed by atoms with Crippen LogP contribution in [0.15, 0.2) is 29.6 Å². The van der Waals surface area contributed by atoms with Gasteiger partial charge < -0.3 is 15.4 Å². The Bertz CT molecular complexity index is 704. The van der Waals surface area contributed by atoms with Gasteiger partial charge in [-0.25, -0.2) is 4.98 Å². The first-order valence-corrected chi connectivity index (χ1v) is 9.66. The van der Waals surface area contributed by atoms with Crippen molar-refractivity contribution >= 4 is 17.2 Å². The molecule has 3 rings (SSSR count). The second-order valence-corrected chi connectivity index (χ2v) is 7.56. The number of ether oxygens (including phenoxy) is 1. The maximum Gasteiger partial charge on any atom is 0.273 e. The largest absolute Gasteiger partial charge is 0.491 e. The molecule has 1 aliphatic heterocycles. The van der Waals surface area contributed by atoms with E-state index in [9.17, 15) is 4.79 Å². The zero-order valence-corrected chi connectivity index (χ0v) is 15.6. The fourth-order valence-electron chi connectivity index (χ4n) is 2.99. The standard InChI is InChI=1S/C19H25N3O2S/c1-13(2)24-16-5-3-15(4-6-16)18-21-17(12-25-18)19(23)22-9-7-14(11-20)8-10-22/h3-6,12-14H,7-11,20H2,1-2H3. The minimum Gasteiger partial charge on any atom is -0.491 e. The molecule has 1 aliphatic rings. The molecule has 1 saturated heterocycles. The minimum absolute atomic E-state index is 0.0257. The summed E-state index contributed by atoms with van der Waals surface area (Å²) in [5, 5.41) is 2.71. The van der Waals surface area contributed by atoms with Crippen molar-refractivity contribution in [1.29, 1.82) is 0 Å². The minimum atomic E-state index is 0.0257. The molecule has 25 heavy (non-hydrogen) atoms. The molecule has 0 spiro atoms. The van der Waals surface area contributed by atoms with Gasteiger partial charge in [-0.15, -0.1) is 11.3 Å². The third kappa shape index (κ3) is 4.38. The number of nitrogens with zero attached hydrogens (tertiary/aromatic N) is 2. The van der Waals surface area contributed by atoms with Crippen LogP contribution in [0.3, 0.4) is 0 Å². The highest BCUT2D eigenvalue weighted by Gasteiger charge is 2.24. The Labute approximate surface area is 152 Å². The third-order valence-corrected chi connectivity index (χ3v) is 5.32. The Morgan fingerprint density at radius 3 is 2.60 bits per heavy atom. The smallest absolute Gasteiger partial charge is 0.273 e. The van der Waals surface area contributed by atoms with Crippen molar-refractivity contribution in [3.8, 4) is 16.3 Å². The van der Waals surface area contributed by atoms with Crippen LogP contribution in [0.1, 0.15) is 37.2 Å². The van der Waals surface area contributed by atoms with E-state index in [1.54, 1.807) is 0 Å². The van der Waals surface area contributed by atoms with Crippen LogP contribution in [0.4, 0.5) is 0 Å². The quantitative estimate of drug-likeness (QED) is 0.888. The van der Waals surface area contributed by atoms with Gasteiger partial charge in [0.1, 0.15) is 16.5 Å². The zero-order chi connectivity index (χ0) is 17.8. The van der Waals surface area contributed by atoms with Crippen LogP contribution in [-0.2, 0) is 0 Å². The van der Waals surface area contributed by atoms with Crippen molar-refractivity contribution in [1.82, 2.24) is 9.88 Å². The van der Waals surface area contributed by atoms with Crippen molar-refractivity contribution in [2.75, 3.05) is 19.6 Å². The molecule has 0 saturated carbocycles. The molecule has 5 nitrogen and oxygen atoms in total. The highest BCUT2D eigenvalue weighted by Crippen LogP contribution is 2.27. The van der Waals surface area contributed by atoms with E-state index < -0.39 is 0 Å². The Balaban J connectivity index is 1.66. The number of hydrogen-bond donors (Lipinski definition) is 1. The molecule has 2 aromatic rings. The summed E-state index contributed by atoms with van der Waals surface area (Å²) in [4.78, 5) is 19.1. The van der Waals surface area contributed by atoms with Crippen molar-refractivity contribution < 1.29 is 9.53 Å². The van der Waals surface area contributed by atoms with E-state index >= 15 is 0 Å². The lowest BCUT2D eigenvalue weighted by Crippen LogP contribution is -2.40. The number of rotatable bonds is 5. The molecule has 1 aromatic carbocycles. The van der Waals surface area contributed by atoms with Crippen LogP contribution in [0.25, 0.3) is 10.6 Å². The van der Waals surface area contributed by atoms with E-state index in [-0.39, 0.29) is 12.0 Å². The molecule has 0 radical (unpaired) electrons. The summed E-state index contributed by atoms with van der Waals surface area (Å²) in [6.45, 7) is 6.26. The first-order valence-electron chi connectivity index (χ1n) is 8.78. The van der Waals surface area contributed by atoms with Gasteiger partial charge in [0.05, 0.1) is 6.10 Å². The number of carbonyl (C=O) groups is 1. The Morgan fingerprint density at radius 2 is 2.00 bits per heavy atom. The predicted octanol–water partition coefficient (Wildman–Crippen LogP) is 3.41. The molecule has 1 aromatic heterocycles. The van der Waals surface area contributed by atoms with Gasteiger partial charge in [-0.05, 0) is 63.4 Å². The molecule has 0 bridgehead atoms. The number of benzene rings is 1. The van der Waals surface area contributed by atoms with Gasteiger partial charge in [0.2, 0.25) is 0 Å². The average Bonchev–Trinajstić information content (AvgIpc) is 3.11. The van der Waals surface area contributed by atoms with Crippen LogP contribution < -0.4 is 10.5 Å². The number of nitrogens with two attached hydrogens (primary N) is 1. The first kappa shape index (κ1) is 17.9. The molecule has 0 atom stereocenters. The summed E-state index contributed by atoms with van der Waals surface area (Å²) in [6.07, 6.45) is 2.12. The molecule has 0 unspecified atom stereocenters. The van der Waals surface area contributed by atoms with Gasteiger partial charge in [-0.1, -0.05) is 0 Å². The number of amides is 1. The molecular formula is C19H25N3O2S. The number of aromatic nitrogens is 1. The maximum absolute atomic E-state index is 12.6. The summed E-state index contributed by atoms with van der Waals surface area (Å²) in [6, 6.07) is 7.85. The average molecular weight is 359 g/mol. The first-order chi connectivity index (χ1) is 12.1. The zero-order valence-electron chi connectivity index (χ0n) is 14.8. The lowest BCUT2D eigenvalue weighted by molar-refractivity contribution is 0.0688. The van der Waals surface area contributed by atoms with E-state index in [1.807, 2.05) is 48.4 Å².